The molecule has 1 aromatic carbocycles. The Balaban J connectivity index is 2.22. The second-order valence-electron chi connectivity index (χ2n) is 5.26. The van der Waals surface area contributed by atoms with Gasteiger partial charge in [0.25, 0.3) is 5.91 Å². The minimum atomic E-state index is -0.217. The predicted octanol–water partition coefficient (Wildman–Crippen LogP) is 3.14. The number of carbonyl (C=O) groups excluding carboxylic acids is 1. The molecule has 0 saturated carbocycles. The highest BCUT2D eigenvalue weighted by molar-refractivity contribution is 7.19. The maximum atomic E-state index is 12.4. The van der Waals surface area contributed by atoms with Crippen LogP contribution in [0.5, 0.6) is 0 Å². The van der Waals surface area contributed by atoms with E-state index in [1.54, 1.807) is 13.1 Å². The molecule has 1 saturated heterocycles. The summed E-state index contributed by atoms with van der Waals surface area (Å²) in [7, 11) is 1.58. The van der Waals surface area contributed by atoms with Crippen molar-refractivity contribution < 1.29 is 9.53 Å². The fourth-order valence-electron chi connectivity index (χ4n) is 2.71. The maximum absolute atomic E-state index is 12.4. The van der Waals surface area contributed by atoms with E-state index < -0.39 is 0 Å². The molecule has 0 bridgehead atoms. The van der Waals surface area contributed by atoms with Gasteiger partial charge in [-0.1, -0.05) is 29.8 Å². The van der Waals surface area contributed by atoms with Crippen LogP contribution >= 0.6 is 22.9 Å². The zero-order valence-corrected chi connectivity index (χ0v) is 14.7. The first-order valence-electron chi connectivity index (χ1n) is 7.54. The predicted molar refractivity (Wildman–Crippen MR) is 95.9 cm³/mol. The van der Waals surface area contributed by atoms with Crippen LogP contribution in [-0.2, 0) is 4.74 Å². The minimum absolute atomic E-state index is 0.217. The van der Waals surface area contributed by atoms with Crippen molar-refractivity contribution in [3.63, 3.8) is 0 Å². The fraction of sp³-hybridized carbons (Fsp3) is 0.294. The monoisotopic (exact) mass is 361 g/mol. The molecule has 1 fully saturated rings. The van der Waals surface area contributed by atoms with Crippen molar-refractivity contribution in [2.45, 2.75) is 0 Å². The number of amides is 1. The Labute approximate surface area is 149 Å². The van der Waals surface area contributed by atoms with E-state index in [0.717, 1.165) is 5.00 Å². The molecule has 3 rings (SSSR count). The summed E-state index contributed by atoms with van der Waals surface area (Å²) in [6, 6.07) is 9.55. The number of morpholine rings is 1. The maximum Gasteiger partial charge on any atom is 0.261 e. The number of ether oxygens (including phenoxy) is 1. The summed E-state index contributed by atoms with van der Waals surface area (Å²) >= 11 is 7.66. The number of rotatable bonds is 3. The largest absolute Gasteiger partial charge is 0.378 e. The van der Waals surface area contributed by atoms with Crippen LogP contribution in [0.4, 0.5) is 5.00 Å². The topological polar surface area (TPSA) is 65.4 Å². The van der Waals surface area contributed by atoms with E-state index >= 15 is 0 Å². The van der Waals surface area contributed by atoms with Crippen molar-refractivity contribution >= 4 is 33.8 Å². The minimum Gasteiger partial charge on any atom is -0.378 e. The first-order valence-corrected chi connectivity index (χ1v) is 8.73. The number of halogens is 1. The number of benzene rings is 1. The first-order chi connectivity index (χ1) is 11.7. The summed E-state index contributed by atoms with van der Waals surface area (Å²) in [6.45, 7) is 2.62. The quantitative estimate of drug-likeness (QED) is 0.912. The van der Waals surface area contributed by atoms with Gasteiger partial charge in [-0.25, -0.2) is 0 Å². The summed E-state index contributed by atoms with van der Waals surface area (Å²) in [5.41, 5.74) is 1.80. The van der Waals surface area contributed by atoms with Gasteiger partial charge in [-0.15, -0.1) is 11.3 Å². The molecule has 24 heavy (non-hydrogen) atoms. The molecule has 0 aliphatic carbocycles. The smallest absolute Gasteiger partial charge is 0.261 e. The van der Waals surface area contributed by atoms with Gasteiger partial charge in [0.1, 0.15) is 15.9 Å². The van der Waals surface area contributed by atoms with Gasteiger partial charge in [-0.2, -0.15) is 5.26 Å². The highest BCUT2D eigenvalue weighted by Gasteiger charge is 2.28. The normalized spacial score (nSPS) is 14.3. The molecule has 1 N–H and O–H groups in total. The fourth-order valence-corrected chi connectivity index (χ4v) is 4.20. The molecule has 124 valence electrons. The van der Waals surface area contributed by atoms with Gasteiger partial charge in [-0.3, -0.25) is 4.79 Å². The van der Waals surface area contributed by atoms with Gasteiger partial charge < -0.3 is 15.0 Å². The first kappa shape index (κ1) is 16.8. The number of nitriles is 1. The molecule has 5 nitrogen and oxygen atoms in total. The molecule has 0 atom stereocenters. The molecule has 1 amide bonds. The number of anilines is 1. The highest BCUT2D eigenvalue weighted by atomic mass is 35.5. The second kappa shape index (κ2) is 7.22. The Kier molecular flexibility index (Phi) is 5.05. The number of nitrogens with one attached hydrogen (secondary N) is 1. The highest BCUT2D eigenvalue weighted by Crippen LogP contribution is 2.44. The van der Waals surface area contributed by atoms with Crippen molar-refractivity contribution in [1.29, 1.82) is 5.26 Å². The molecule has 0 unspecified atom stereocenters. The molecule has 2 aromatic rings. The number of nitrogens with zero attached hydrogens (tertiary/aromatic N) is 2. The average Bonchev–Trinajstić information content (AvgIpc) is 3.01. The van der Waals surface area contributed by atoms with Crippen molar-refractivity contribution in [3.8, 4) is 17.2 Å². The molecule has 0 spiro atoms. The zero-order chi connectivity index (χ0) is 17.1. The van der Waals surface area contributed by atoms with Crippen LogP contribution in [0.15, 0.2) is 24.3 Å². The van der Waals surface area contributed by atoms with Crippen LogP contribution in [0.3, 0.4) is 0 Å². The van der Waals surface area contributed by atoms with Gasteiger partial charge in [-0.05, 0) is 6.07 Å². The van der Waals surface area contributed by atoms with E-state index in [9.17, 15) is 10.1 Å². The van der Waals surface area contributed by atoms with Crippen LogP contribution in [0.1, 0.15) is 15.2 Å². The summed E-state index contributed by atoms with van der Waals surface area (Å²) in [5, 5.41) is 13.7. The Morgan fingerprint density at radius 1 is 1.38 bits per heavy atom. The molecule has 0 radical (unpaired) electrons. The van der Waals surface area contributed by atoms with Gasteiger partial charge >= 0.3 is 0 Å². The van der Waals surface area contributed by atoms with Crippen molar-refractivity contribution in [2.75, 3.05) is 38.3 Å². The van der Waals surface area contributed by atoms with Crippen molar-refractivity contribution in [3.05, 3.63) is 39.7 Å². The molecule has 1 aliphatic heterocycles. The van der Waals surface area contributed by atoms with E-state index in [0.29, 0.717) is 52.9 Å². The summed E-state index contributed by atoms with van der Waals surface area (Å²) in [6.07, 6.45) is 0. The number of carbonyl (C=O) groups is 1. The standard InChI is InChI=1S/C17H16ClN3O2S/c1-20-16(22)15-14(11-4-2-3-5-13(11)18)12(10-19)17(24-15)21-6-8-23-9-7-21/h2-5H,6-9H2,1H3,(H,20,22). The molecule has 7 heteroatoms. The molecular weight excluding hydrogens is 346 g/mol. The van der Waals surface area contributed by atoms with E-state index in [1.807, 2.05) is 18.2 Å². The Morgan fingerprint density at radius 2 is 2.08 bits per heavy atom. The summed E-state index contributed by atoms with van der Waals surface area (Å²) < 4.78 is 5.38. The number of thiophene rings is 1. The van der Waals surface area contributed by atoms with E-state index in [-0.39, 0.29) is 5.91 Å². The lowest BCUT2D eigenvalue weighted by Gasteiger charge is -2.27. The van der Waals surface area contributed by atoms with Crippen molar-refractivity contribution in [1.82, 2.24) is 5.32 Å². The third-order valence-electron chi connectivity index (χ3n) is 3.88. The Bertz CT molecular complexity index is 807. The van der Waals surface area contributed by atoms with Crippen LogP contribution in [0.25, 0.3) is 11.1 Å². The van der Waals surface area contributed by atoms with Gasteiger partial charge in [0, 0.05) is 36.3 Å². The van der Waals surface area contributed by atoms with Crippen LogP contribution in [0.2, 0.25) is 5.02 Å². The van der Waals surface area contributed by atoms with Gasteiger partial charge in [0.05, 0.1) is 18.8 Å². The molecular formula is C17H16ClN3O2S. The molecule has 1 aliphatic rings. The second-order valence-corrected chi connectivity index (χ2v) is 6.66. The third kappa shape index (κ3) is 2.98. The SMILES string of the molecule is CNC(=O)c1sc(N2CCOCC2)c(C#N)c1-c1ccccc1Cl. The van der Waals surface area contributed by atoms with E-state index in [1.165, 1.54) is 11.3 Å². The van der Waals surface area contributed by atoms with E-state index in [4.69, 9.17) is 16.3 Å². The van der Waals surface area contributed by atoms with Crippen LogP contribution < -0.4 is 10.2 Å². The summed E-state index contributed by atoms with van der Waals surface area (Å²) in [5.74, 6) is -0.217. The van der Waals surface area contributed by atoms with Gasteiger partial charge in [0.15, 0.2) is 0 Å². The number of hydrogen-bond acceptors (Lipinski definition) is 5. The Hall–Kier alpha value is -2.07. The molecule has 1 aromatic heterocycles. The van der Waals surface area contributed by atoms with E-state index in [2.05, 4.69) is 16.3 Å². The summed E-state index contributed by atoms with van der Waals surface area (Å²) in [4.78, 5) is 15.0. The lowest BCUT2D eigenvalue weighted by atomic mass is 10.0. The van der Waals surface area contributed by atoms with Crippen molar-refractivity contribution in [2.24, 2.45) is 0 Å². The zero-order valence-electron chi connectivity index (χ0n) is 13.1. The lowest BCUT2D eigenvalue weighted by molar-refractivity contribution is 0.0967. The Morgan fingerprint density at radius 3 is 2.71 bits per heavy atom. The number of hydrogen-bond donors (Lipinski definition) is 1. The molecule has 2 heterocycles. The average molecular weight is 362 g/mol. The van der Waals surface area contributed by atoms with Crippen LogP contribution in [-0.4, -0.2) is 39.3 Å². The lowest BCUT2D eigenvalue weighted by Crippen LogP contribution is -2.36. The third-order valence-corrected chi connectivity index (χ3v) is 5.46. The van der Waals surface area contributed by atoms with Gasteiger partial charge in [0.2, 0.25) is 0 Å². The van der Waals surface area contributed by atoms with Crippen LogP contribution in [0, 0.1) is 11.3 Å².